The molecule has 0 aliphatic heterocycles. The maximum atomic E-state index is 9.04. The number of aliphatic hydroxyl groups excluding tert-OH is 1. The van der Waals surface area contributed by atoms with Gasteiger partial charge in [0.05, 0.1) is 26.9 Å². The second-order valence-electron chi connectivity index (χ2n) is 3.74. The first-order valence-electron chi connectivity index (χ1n) is 5.72. The number of methoxy groups -OCH3 is 2. The number of ether oxygens (including phenoxy) is 4. The van der Waals surface area contributed by atoms with Gasteiger partial charge in [-0.3, -0.25) is 0 Å². The van der Waals surface area contributed by atoms with Crippen LogP contribution in [0.1, 0.15) is 5.56 Å². The van der Waals surface area contributed by atoms with E-state index in [0.29, 0.717) is 13.2 Å². The third kappa shape index (κ3) is 5.46. The molecule has 1 rings (SSSR count). The zero-order valence-corrected chi connectivity index (χ0v) is 10.8. The fraction of sp³-hybridized carbons (Fsp3) is 0.538. The van der Waals surface area contributed by atoms with Crippen LogP contribution in [-0.2, 0) is 20.8 Å². The quantitative estimate of drug-likeness (QED) is 0.673. The summed E-state index contributed by atoms with van der Waals surface area (Å²) in [6, 6.07) is 7.62. The van der Waals surface area contributed by atoms with Gasteiger partial charge in [0.1, 0.15) is 18.6 Å². The summed E-state index contributed by atoms with van der Waals surface area (Å²) in [5.41, 5.74) is 1.04. The lowest BCUT2D eigenvalue weighted by Crippen LogP contribution is -2.24. The maximum absolute atomic E-state index is 9.04. The molecule has 0 aliphatic carbocycles. The Bertz CT molecular complexity index is 312. The molecule has 0 heterocycles. The zero-order valence-electron chi connectivity index (χ0n) is 10.8. The van der Waals surface area contributed by atoms with Gasteiger partial charge >= 0.3 is 0 Å². The third-order valence-corrected chi connectivity index (χ3v) is 2.36. The van der Waals surface area contributed by atoms with Crippen molar-refractivity contribution in [2.75, 3.05) is 34.2 Å². The molecule has 0 spiro atoms. The van der Waals surface area contributed by atoms with Gasteiger partial charge in [0.25, 0.3) is 0 Å². The minimum atomic E-state index is -0.358. The molecule has 0 bridgehead atoms. The van der Waals surface area contributed by atoms with Crippen molar-refractivity contribution >= 4 is 0 Å². The molecule has 0 saturated carbocycles. The highest BCUT2D eigenvalue weighted by Gasteiger charge is 2.07. The molecule has 1 N–H and O–H groups in total. The van der Waals surface area contributed by atoms with Crippen molar-refractivity contribution in [3.8, 4) is 5.75 Å². The second kappa shape index (κ2) is 8.88. The van der Waals surface area contributed by atoms with Gasteiger partial charge in [-0.1, -0.05) is 12.1 Å². The lowest BCUT2D eigenvalue weighted by atomic mass is 10.2. The Labute approximate surface area is 107 Å². The van der Waals surface area contributed by atoms with Crippen LogP contribution in [0.2, 0.25) is 0 Å². The molecule has 0 radical (unpaired) electrons. The van der Waals surface area contributed by atoms with E-state index in [1.54, 1.807) is 7.11 Å². The van der Waals surface area contributed by atoms with E-state index in [0.717, 1.165) is 11.3 Å². The van der Waals surface area contributed by atoms with Crippen LogP contribution >= 0.6 is 0 Å². The molecule has 18 heavy (non-hydrogen) atoms. The van der Waals surface area contributed by atoms with Gasteiger partial charge in [0.15, 0.2) is 0 Å². The first-order valence-corrected chi connectivity index (χ1v) is 5.72. The number of hydrogen-bond acceptors (Lipinski definition) is 5. The van der Waals surface area contributed by atoms with Crippen molar-refractivity contribution < 1.29 is 24.1 Å². The summed E-state index contributed by atoms with van der Waals surface area (Å²) in [4.78, 5) is 0. The second-order valence-corrected chi connectivity index (χ2v) is 3.74. The van der Waals surface area contributed by atoms with Crippen LogP contribution in [0.25, 0.3) is 0 Å². The number of benzene rings is 1. The molecule has 1 unspecified atom stereocenters. The maximum Gasteiger partial charge on any atom is 0.146 e. The first kappa shape index (κ1) is 14.9. The van der Waals surface area contributed by atoms with Crippen molar-refractivity contribution in [1.29, 1.82) is 0 Å². The molecule has 0 aromatic heterocycles. The number of hydrogen-bond donors (Lipinski definition) is 1. The minimum Gasteiger partial charge on any atom is -0.497 e. The standard InChI is InChI=1S/C13H20O5/c1-15-10-18-13(7-14)9-17-8-11-3-5-12(16-2)6-4-11/h3-6,13-14H,7-10H2,1-2H3. The van der Waals surface area contributed by atoms with Crippen molar-refractivity contribution in [3.63, 3.8) is 0 Å². The molecular weight excluding hydrogens is 236 g/mol. The smallest absolute Gasteiger partial charge is 0.146 e. The van der Waals surface area contributed by atoms with Gasteiger partial charge in [-0.15, -0.1) is 0 Å². The van der Waals surface area contributed by atoms with E-state index in [4.69, 9.17) is 24.1 Å². The third-order valence-electron chi connectivity index (χ3n) is 2.36. The van der Waals surface area contributed by atoms with E-state index >= 15 is 0 Å². The average Bonchev–Trinajstić information content (AvgIpc) is 2.43. The Morgan fingerprint density at radius 3 is 2.44 bits per heavy atom. The van der Waals surface area contributed by atoms with Gasteiger partial charge in [-0.2, -0.15) is 0 Å². The van der Waals surface area contributed by atoms with E-state index in [2.05, 4.69) is 0 Å². The zero-order chi connectivity index (χ0) is 13.2. The predicted octanol–water partition coefficient (Wildman–Crippen LogP) is 1.19. The van der Waals surface area contributed by atoms with E-state index in [1.165, 1.54) is 7.11 Å². The summed E-state index contributed by atoms with van der Waals surface area (Å²) < 4.78 is 20.5. The van der Waals surface area contributed by atoms with Crippen LogP contribution in [0.5, 0.6) is 5.75 Å². The van der Waals surface area contributed by atoms with Gasteiger partial charge < -0.3 is 24.1 Å². The van der Waals surface area contributed by atoms with Crippen LogP contribution in [0.3, 0.4) is 0 Å². The summed E-state index contributed by atoms with van der Waals surface area (Å²) in [5, 5.41) is 9.04. The van der Waals surface area contributed by atoms with Crippen molar-refractivity contribution in [3.05, 3.63) is 29.8 Å². The molecule has 0 amide bonds. The fourth-order valence-corrected chi connectivity index (χ4v) is 1.35. The Morgan fingerprint density at radius 1 is 1.17 bits per heavy atom. The van der Waals surface area contributed by atoms with Crippen molar-refractivity contribution in [2.24, 2.45) is 0 Å². The molecule has 1 aromatic rings. The van der Waals surface area contributed by atoms with Crippen LogP contribution in [0.4, 0.5) is 0 Å². The molecule has 5 heteroatoms. The highest BCUT2D eigenvalue weighted by atomic mass is 16.7. The average molecular weight is 256 g/mol. The van der Waals surface area contributed by atoms with Gasteiger partial charge in [0, 0.05) is 7.11 Å². The molecule has 0 saturated heterocycles. The molecule has 5 nitrogen and oxygen atoms in total. The molecule has 1 aromatic carbocycles. The summed E-state index contributed by atoms with van der Waals surface area (Å²) in [5.74, 6) is 0.815. The lowest BCUT2D eigenvalue weighted by Gasteiger charge is -2.15. The summed E-state index contributed by atoms with van der Waals surface area (Å²) in [6.45, 7) is 0.853. The van der Waals surface area contributed by atoms with Crippen molar-refractivity contribution in [1.82, 2.24) is 0 Å². The normalized spacial score (nSPS) is 12.4. The van der Waals surface area contributed by atoms with Gasteiger partial charge in [0.2, 0.25) is 0 Å². The molecular formula is C13H20O5. The summed E-state index contributed by atoms with van der Waals surface area (Å²) in [6.07, 6.45) is -0.358. The Morgan fingerprint density at radius 2 is 1.89 bits per heavy atom. The topological polar surface area (TPSA) is 57.2 Å². The van der Waals surface area contributed by atoms with Crippen LogP contribution < -0.4 is 4.74 Å². The highest BCUT2D eigenvalue weighted by molar-refractivity contribution is 5.26. The molecule has 1 atom stereocenters. The summed E-state index contributed by atoms with van der Waals surface area (Å²) >= 11 is 0. The summed E-state index contributed by atoms with van der Waals surface area (Å²) in [7, 11) is 3.16. The SMILES string of the molecule is COCOC(CO)COCc1ccc(OC)cc1. The highest BCUT2D eigenvalue weighted by Crippen LogP contribution is 2.12. The molecule has 0 fully saturated rings. The Balaban J connectivity index is 2.26. The largest absolute Gasteiger partial charge is 0.497 e. The fourth-order valence-electron chi connectivity index (χ4n) is 1.35. The van der Waals surface area contributed by atoms with E-state index in [1.807, 2.05) is 24.3 Å². The first-order chi connectivity index (χ1) is 8.80. The van der Waals surface area contributed by atoms with Gasteiger partial charge in [-0.25, -0.2) is 0 Å². The molecule has 102 valence electrons. The minimum absolute atomic E-state index is 0.0913. The number of rotatable bonds is 9. The van der Waals surface area contributed by atoms with E-state index < -0.39 is 0 Å². The van der Waals surface area contributed by atoms with E-state index in [9.17, 15) is 0 Å². The van der Waals surface area contributed by atoms with E-state index in [-0.39, 0.29) is 19.5 Å². The van der Waals surface area contributed by atoms with Crippen LogP contribution in [0, 0.1) is 0 Å². The predicted molar refractivity (Wildman–Crippen MR) is 66.5 cm³/mol. The Hall–Kier alpha value is -1.14. The van der Waals surface area contributed by atoms with Crippen LogP contribution in [0.15, 0.2) is 24.3 Å². The van der Waals surface area contributed by atoms with Crippen LogP contribution in [-0.4, -0.2) is 45.4 Å². The Kier molecular flexibility index (Phi) is 7.36. The monoisotopic (exact) mass is 256 g/mol. The lowest BCUT2D eigenvalue weighted by molar-refractivity contribution is -0.113. The van der Waals surface area contributed by atoms with Crippen molar-refractivity contribution in [2.45, 2.75) is 12.7 Å². The number of aliphatic hydroxyl groups is 1. The molecule has 0 aliphatic rings. The van der Waals surface area contributed by atoms with Gasteiger partial charge in [-0.05, 0) is 17.7 Å².